The van der Waals surface area contributed by atoms with Crippen molar-refractivity contribution < 1.29 is 4.79 Å². The molecule has 1 aliphatic carbocycles. The SMILES string of the molecule is CN(C)C(CNC(=O)c1n[nH]c2c1CCCC2)c1ccc(Cl)cc1. The molecule has 1 aromatic heterocycles. The minimum Gasteiger partial charge on any atom is -0.349 e. The molecule has 0 bridgehead atoms. The number of amides is 1. The monoisotopic (exact) mass is 346 g/mol. The van der Waals surface area contributed by atoms with Crippen molar-refractivity contribution in [2.75, 3.05) is 20.6 Å². The highest BCUT2D eigenvalue weighted by atomic mass is 35.5. The van der Waals surface area contributed by atoms with E-state index in [1.54, 1.807) is 0 Å². The largest absolute Gasteiger partial charge is 0.349 e. The molecule has 6 heteroatoms. The van der Waals surface area contributed by atoms with E-state index in [-0.39, 0.29) is 11.9 Å². The van der Waals surface area contributed by atoms with Crippen LogP contribution in [0, 0.1) is 0 Å². The Morgan fingerprint density at radius 2 is 2.00 bits per heavy atom. The third-order valence-corrected chi connectivity index (χ3v) is 4.86. The molecular formula is C18H23ClN4O. The van der Waals surface area contributed by atoms with Crippen LogP contribution in [0.25, 0.3) is 0 Å². The lowest BCUT2D eigenvalue weighted by molar-refractivity contribution is 0.0936. The van der Waals surface area contributed by atoms with Crippen molar-refractivity contribution in [2.45, 2.75) is 31.7 Å². The molecule has 0 spiro atoms. The lowest BCUT2D eigenvalue weighted by Crippen LogP contribution is -2.35. The highest BCUT2D eigenvalue weighted by Gasteiger charge is 2.23. The summed E-state index contributed by atoms with van der Waals surface area (Å²) >= 11 is 5.96. The molecule has 3 rings (SSSR count). The highest BCUT2D eigenvalue weighted by Crippen LogP contribution is 2.23. The van der Waals surface area contributed by atoms with E-state index in [1.807, 2.05) is 38.4 Å². The molecular weight excluding hydrogens is 324 g/mol. The van der Waals surface area contributed by atoms with Gasteiger partial charge in [0.05, 0.1) is 6.04 Å². The van der Waals surface area contributed by atoms with E-state index in [1.165, 1.54) is 0 Å². The first-order valence-corrected chi connectivity index (χ1v) is 8.70. The van der Waals surface area contributed by atoms with Gasteiger partial charge in [-0.25, -0.2) is 0 Å². The molecule has 128 valence electrons. The number of halogens is 1. The molecule has 0 aliphatic heterocycles. The van der Waals surface area contributed by atoms with Crippen molar-refractivity contribution in [3.05, 3.63) is 51.8 Å². The average Bonchev–Trinajstić information content (AvgIpc) is 3.00. The molecule has 1 atom stereocenters. The predicted octanol–water partition coefficient (Wildman–Crippen LogP) is 2.97. The van der Waals surface area contributed by atoms with Crippen molar-refractivity contribution in [3.63, 3.8) is 0 Å². The Balaban J connectivity index is 1.69. The first kappa shape index (κ1) is 17.0. The van der Waals surface area contributed by atoms with E-state index < -0.39 is 0 Å². The molecule has 0 saturated heterocycles. The van der Waals surface area contributed by atoms with Crippen molar-refractivity contribution >= 4 is 17.5 Å². The average molecular weight is 347 g/mol. The Kier molecular flexibility index (Phi) is 5.21. The summed E-state index contributed by atoms with van der Waals surface area (Å²) in [5.41, 5.74) is 3.88. The number of carbonyl (C=O) groups excluding carboxylic acids is 1. The van der Waals surface area contributed by atoms with Crippen LogP contribution in [0.4, 0.5) is 0 Å². The molecule has 0 radical (unpaired) electrons. The number of aryl methyl sites for hydroxylation is 1. The molecule has 1 unspecified atom stereocenters. The summed E-state index contributed by atoms with van der Waals surface area (Å²) in [4.78, 5) is 14.6. The van der Waals surface area contributed by atoms with Crippen LogP contribution < -0.4 is 5.32 Å². The Labute approximate surface area is 147 Å². The van der Waals surface area contributed by atoms with Crippen LogP contribution in [0.15, 0.2) is 24.3 Å². The Bertz CT molecular complexity index is 708. The number of fused-ring (bicyclic) bond motifs is 1. The molecule has 1 aromatic carbocycles. The lowest BCUT2D eigenvalue weighted by atomic mass is 9.95. The molecule has 1 aliphatic rings. The van der Waals surface area contributed by atoms with Gasteiger partial charge in [0.1, 0.15) is 0 Å². The number of aromatic amines is 1. The van der Waals surface area contributed by atoms with E-state index in [0.717, 1.165) is 42.5 Å². The van der Waals surface area contributed by atoms with Crippen molar-refractivity contribution in [2.24, 2.45) is 0 Å². The first-order chi connectivity index (χ1) is 11.6. The number of hydrogen-bond donors (Lipinski definition) is 2. The van der Waals surface area contributed by atoms with Gasteiger partial charge < -0.3 is 10.2 Å². The normalized spacial score (nSPS) is 15.2. The summed E-state index contributed by atoms with van der Waals surface area (Å²) in [5.74, 6) is -0.102. The lowest BCUT2D eigenvalue weighted by Gasteiger charge is -2.25. The van der Waals surface area contributed by atoms with Gasteiger partial charge in [-0.15, -0.1) is 0 Å². The fourth-order valence-corrected chi connectivity index (χ4v) is 3.35. The highest BCUT2D eigenvalue weighted by molar-refractivity contribution is 6.30. The minimum absolute atomic E-state index is 0.0842. The van der Waals surface area contributed by atoms with Crippen LogP contribution in [-0.4, -0.2) is 41.6 Å². The quantitative estimate of drug-likeness (QED) is 0.875. The van der Waals surface area contributed by atoms with Gasteiger partial charge >= 0.3 is 0 Å². The van der Waals surface area contributed by atoms with E-state index in [2.05, 4.69) is 20.4 Å². The molecule has 1 heterocycles. The van der Waals surface area contributed by atoms with Gasteiger partial charge in [0, 0.05) is 22.8 Å². The van der Waals surface area contributed by atoms with Gasteiger partial charge in [0.25, 0.3) is 5.91 Å². The van der Waals surface area contributed by atoms with Crippen LogP contribution in [0.5, 0.6) is 0 Å². The molecule has 2 aromatic rings. The second-order valence-electron chi connectivity index (χ2n) is 6.48. The number of rotatable bonds is 5. The molecule has 5 nitrogen and oxygen atoms in total. The zero-order valence-corrected chi connectivity index (χ0v) is 14.9. The molecule has 0 fully saturated rings. The second-order valence-corrected chi connectivity index (χ2v) is 6.91. The number of H-pyrrole nitrogens is 1. The first-order valence-electron chi connectivity index (χ1n) is 8.32. The van der Waals surface area contributed by atoms with Gasteiger partial charge in [-0.1, -0.05) is 23.7 Å². The summed E-state index contributed by atoms with van der Waals surface area (Å²) < 4.78 is 0. The maximum atomic E-state index is 12.6. The fourth-order valence-electron chi connectivity index (χ4n) is 3.23. The van der Waals surface area contributed by atoms with Crippen molar-refractivity contribution in [1.82, 2.24) is 20.4 Å². The summed E-state index contributed by atoms with van der Waals surface area (Å²) in [6.07, 6.45) is 4.21. The molecule has 0 saturated carbocycles. The van der Waals surface area contributed by atoms with Crippen LogP contribution >= 0.6 is 11.6 Å². The maximum absolute atomic E-state index is 12.6. The smallest absolute Gasteiger partial charge is 0.272 e. The van der Waals surface area contributed by atoms with Gasteiger partial charge in [-0.2, -0.15) is 5.10 Å². The number of nitrogens with one attached hydrogen (secondary N) is 2. The number of likely N-dealkylation sites (N-methyl/N-ethyl adjacent to an activating group) is 1. The third kappa shape index (κ3) is 3.62. The topological polar surface area (TPSA) is 61.0 Å². The number of benzene rings is 1. The molecule has 2 N–H and O–H groups in total. The van der Waals surface area contributed by atoms with E-state index >= 15 is 0 Å². The van der Waals surface area contributed by atoms with Crippen LogP contribution in [0.2, 0.25) is 5.02 Å². The van der Waals surface area contributed by atoms with E-state index in [4.69, 9.17) is 11.6 Å². The minimum atomic E-state index is -0.102. The van der Waals surface area contributed by atoms with Crippen molar-refractivity contribution in [1.29, 1.82) is 0 Å². The van der Waals surface area contributed by atoms with Crippen LogP contribution in [0.1, 0.15) is 46.2 Å². The number of aromatic nitrogens is 2. The van der Waals surface area contributed by atoms with Crippen LogP contribution in [0.3, 0.4) is 0 Å². The van der Waals surface area contributed by atoms with E-state index in [9.17, 15) is 4.79 Å². The Morgan fingerprint density at radius 1 is 1.29 bits per heavy atom. The third-order valence-electron chi connectivity index (χ3n) is 4.61. The Morgan fingerprint density at radius 3 is 2.71 bits per heavy atom. The fraction of sp³-hybridized carbons (Fsp3) is 0.444. The maximum Gasteiger partial charge on any atom is 0.272 e. The van der Waals surface area contributed by atoms with Gasteiger partial charge in [0.15, 0.2) is 5.69 Å². The van der Waals surface area contributed by atoms with Gasteiger partial charge in [0.2, 0.25) is 0 Å². The zero-order chi connectivity index (χ0) is 17.1. The Hall–Kier alpha value is -1.85. The summed E-state index contributed by atoms with van der Waals surface area (Å²) in [5, 5.41) is 11.0. The zero-order valence-electron chi connectivity index (χ0n) is 14.1. The van der Waals surface area contributed by atoms with E-state index in [0.29, 0.717) is 17.3 Å². The number of carbonyl (C=O) groups is 1. The standard InChI is InChI=1S/C18H23ClN4O/c1-23(2)16(12-7-9-13(19)10-8-12)11-20-18(24)17-14-5-3-4-6-15(14)21-22-17/h7-10,16H,3-6,11H2,1-2H3,(H,20,24)(H,21,22). The predicted molar refractivity (Wildman–Crippen MR) is 95.4 cm³/mol. The van der Waals surface area contributed by atoms with Gasteiger partial charge in [-0.3, -0.25) is 9.89 Å². The summed E-state index contributed by atoms with van der Waals surface area (Å²) in [7, 11) is 4.00. The second kappa shape index (κ2) is 7.36. The van der Waals surface area contributed by atoms with Crippen molar-refractivity contribution in [3.8, 4) is 0 Å². The summed E-state index contributed by atoms with van der Waals surface area (Å²) in [6, 6.07) is 7.82. The number of hydrogen-bond acceptors (Lipinski definition) is 3. The molecule has 24 heavy (non-hydrogen) atoms. The summed E-state index contributed by atoms with van der Waals surface area (Å²) in [6.45, 7) is 0.523. The molecule has 1 amide bonds. The van der Waals surface area contributed by atoms with Gasteiger partial charge in [-0.05, 0) is 57.5 Å². The number of nitrogens with zero attached hydrogens (tertiary/aromatic N) is 2. The van der Waals surface area contributed by atoms with Crippen LogP contribution in [-0.2, 0) is 12.8 Å².